The highest BCUT2D eigenvalue weighted by Gasteiger charge is 2.18. The summed E-state index contributed by atoms with van der Waals surface area (Å²) in [7, 11) is 2.17. The summed E-state index contributed by atoms with van der Waals surface area (Å²) in [6.45, 7) is 13.3. The molecule has 0 atom stereocenters. The molecular weight excluding hydrogens is 316 g/mol. The first-order valence-corrected chi connectivity index (χ1v) is 9.87. The van der Waals surface area contributed by atoms with Gasteiger partial charge in [0.05, 0.1) is 11.2 Å². The molecule has 0 saturated carbocycles. The smallest absolute Gasteiger partial charge is 0.0703 e. The average Bonchev–Trinajstić information content (AvgIpc) is 2.88. The van der Waals surface area contributed by atoms with Crippen LogP contribution in [-0.2, 0) is 13.5 Å². The van der Waals surface area contributed by atoms with Gasteiger partial charge in [-0.3, -0.25) is 4.98 Å². The maximum atomic E-state index is 4.97. The van der Waals surface area contributed by atoms with Crippen molar-refractivity contribution in [3.05, 3.63) is 63.6 Å². The summed E-state index contributed by atoms with van der Waals surface area (Å²) in [6.07, 6.45) is 5.60. The van der Waals surface area contributed by atoms with Crippen molar-refractivity contribution < 1.29 is 0 Å². The Morgan fingerprint density at radius 2 is 1.58 bits per heavy atom. The van der Waals surface area contributed by atoms with E-state index in [9.17, 15) is 0 Å². The molecule has 3 aromatic rings. The van der Waals surface area contributed by atoms with Crippen LogP contribution in [0.25, 0.3) is 10.9 Å². The summed E-state index contributed by atoms with van der Waals surface area (Å²) >= 11 is 0. The van der Waals surface area contributed by atoms with Crippen LogP contribution in [0.3, 0.4) is 0 Å². The minimum atomic E-state index is 0.621. The molecule has 0 fully saturated rings. The van der Waals surface area contributed by atoms with Crippen LogP contribution < -0.4 is 0 Å². The summed E-state index contributed by atoms with van der Waals surface area (Å²) in [6, 6.07) is 6.85. The standard InChI is InChI=1S/C24H32N2/c1-8-19(9-2)22-14-26(7)24-21(22)12-18(6)25-23(24)13-20-16(4)10-15(3)11-17(20)5/h10-12,14,19H,8-9,13H2,1-7H3. The fraction of sp³-hybridized carbons (Fsp3) is 0.458. The van der Waals surface area contributed by atoms with E-state index in [-0.39, 0.29) is 0 Å². The van der Waals surface area contributed by atoms with Crippen molar-refractivity contribution in [1.29, 1.82) is 0 Å². The van der Waals surface area contributed by atoms with Crippen molar-refractivity contribution in [2.45, 2.75) is 66.7 Å². The molecular formula is C24H32N2. The molecule has 2 nitrogen and oxygen atoms in total. The normalized spacial score (nSPS) is 11.7. The maximum absolute atomic E-state index is 4.97. The summed E-state index contributed by atoms with van der Waals surface area (Å²) in [5, 5.41) is 1.39. The lowest BCUT2D eigenvalue weighted by Gasteiger charge is -2.14. The number of aromatic nitrogens is 2. The zero-order valence-electron chi connectivity index (χ0n) is 17.4. The summed E-state index contributed by atoms with van der Waals surface area (Å²) in [4.78, 5) is 4.97. The highest BCUT2D eigenvalue weighted by atomic mass is 14.9. The van der Waals surface area contributed by atoms with Gasteiger partial charge in [-0.2, -0.15) is 0 Å². The molecule has 0 N–H and O–H groups in total. The number of rotatable bonds is 5. The summed E-state index contributed by atoms with van der Waals surface area (Å²) in [5.74, 6) is 0.621. The number of pyridine rings is 1. The molecule has 0 bridgehead atoms. The zero-order chi connectivity index (χ0) is 19.0. The Kier molecular flexibility index (Phi) is 5.22. The molecule has 3 rings (SSSR count). The molecule has 1 aromatic carbocycles. The Morgan fingerprint density at radius 3 is 2.15 bits per heavy atom. The first-order chi connectivity index (χ1) is 12.3. The van der Waals surface area contributed by atoms with Crippen LogP contribution in [0.4, 0.5) is 0 Å². The van der Waals surface area contributed by atoms with E-state index < -0.39 is 0 Å². The molecule has 0 aliphatic rings. The second kappa shape index (κ2) is 7.26. The van der Waals surface area contributed by atoms with Gasteiger partial charge >= 0.3 is 0 Å². The van der Waals surface area contributed by atoms with Gasteiger partial charge in [0, 0.05) is 30.7 Å². The molecule has 0 amide bonds. The van der Waals surface area contributed by atoms with Crippen molar-refractivity contribution in [3.8, 4) is 0 Å². The van der Waals surface area contributed by atoms with E-state index >= 15 is 0 Å². The number of aryl methyl sites for hydroxylation is 5. The Bertz CT molecular complexity index is 919. The molecule has 2 heterocycles. The Hall–Kier alpha value is -2.09. The van der Waals surface area contributed by atoms with Crippen LogP contribution in [0.5, 0.6) is 0 Å². The van der Waals surface area contributed by atoms with Gasteiger partial charge < -0.3 is 4.57 Å². The van der Waals surface area contributed by atoms with E-state index in [0.29, 0.717) is 5.92 Å². The van der Waals surface area contributed by atoms with Crippen molar-refractivity contribution >= 4 is 10.9 Å². The third-order valence-corrected chi connectivity index (χ3v) is 5.80. The van der Waals surface area contributed by atoms with Crippen LogP contribution in [0, 0.1) is 27.7 Å². The van der Waals surface area contributed by atoms with E-state index in [4.69, 9.17) is 4.98 Å². The quantitative estimate of drug-likeness (QED) is 0.529. The predicted octanol–water partition coefficient (Wildman–Crippen LogP) is 6.30. The maximum Gasteiger partial charge on any atom is 0.0703 e. The highest BCUT2D eigenvalue weighted by Crippen LogP contribution is 2.34. The van der Waals surface area contributed by atoms with Gasteiger partial charge in [-0.1, -0.05) is 31.5 Å². The predicted molar refractivity (Wildman–Crippen MR) is 112 cm³/mol. The first kappa shape index (κ1) is 18.7. The molecule has 0 aliphatic heterocycles. The lowest BCUT2D eigenvalue weighted by atomic mass is 9.92. The average molecular weight is 349 g/mol. The molecule has 26 heavy (non-hydrogen) atoms. The second-order valence-corrected chi connectivity index (χ2v) is 7.87. The van der Waals surface area contributed by atoms with Gasteiger partial charge in [-0.05, 0) is 74.8 Å². The van der Waals surface area contributed by atoms with Crippen LogP contribution in [0.2, 0.25) is 0 Å². The van der Waals surface area contributed by atoms with Gasteiger partial charge in [0.2, 0.25) is 0 Å². The fourth-order valence-electron chi connectivity index (χ4n) is 4.52. The molecule has 0 spiro atoms. The van der Waals surface area contributed by atoms with Gasteiger partial charge in [0.15, 0.2) is 0 Å². The van der Waals surface area contributed by atoms with Gasteiger partial charge in [-0.25, -0.2) is 0 Å². The lowest BCUT2D eigenvalue weighted by Crippen LogP contribution is -2.03. The van der Waals surface area contributed by atoms with E-state index in [1.165, 1.54) is 57.3 Å². The van der Waals surface area contributed by atoms with Gasteiger partial charge in [0.25, 0.3) is 0 Å². The molecule has 0 aliphatic carbocycles. The molecule has 0 unspecified atom stereocenters. The van der Waals surface area contributed by atoms with Crippen LogP contribution >= 0.6 is 0 Å². The van der Waals surface area contributed by atoms with Crippen molar-refractivity contribution in [2.75, 3.05) is 0 Å². The number of hydrogen-bond acceptors (Lipinski definition) is 1. The number of hydrogen-bond donors (Lipinski definition) is 0. The minimum absolute atomic E-state index is 0.621. The van der Waals surface area contributed by atoms with Crippen LogP contribution in [0.15, 0.2) is 24.4 Å². The monoisotopic (exact) mass is 348 g/mol. The van der Waals surface area contributed by atoms with Gasteiger partial charge in [0.1, 0.15) is 0 Å². The Morgan fingerprint density at radius 1 is 0.962 bits per heavy atom. The van der Waals surface area contributed by atoms with E-state index in [1.54, 1.807) is 0 Å². The van der Waals surface area contributed by atoms with E-state index in [2.05, 4.69) is 77.6 Å². The SMILES string of the molecule is CCC(CC)c1cn(C)c2c(Cc3c(C)cc(C)cc3C)nc(C)cc12. The molecule has 0 radical (unpaired) electrons. The van der Waals surface area contributed by atoms with Crippen molar-refractivity contribution in [2.24, 2.45) is 7.05 Å². The van der Waals surface area contributed by atoms with Crippen LogP contribution in [-0.4, -0.2) is 9.55 Å². The first-order valence-electron chi connectivity index (χ1n) is 9.87. The third-order valence-electron chi connectivity index (χ3n) is 5.80. The minimum Gasteiger partial charge on any atom is -0.349 e. The third kappa shape index (κ3) is 3.30. The van der Waals surface area contributed by atoms with Crippen LogP contribution in [0.1, 0.15) is 71.8 Å². The summed E-state index contributed by atoms with van der Waals surface area (Å²) < 4.78 is 2.30. The molecule has 2 aromatic heterocycles. The summed E-state index contributed by atoms with van der Waals surface area (Å²) in [5.41, 5.74) is 10.6. The van der Waals surface area contributed by atoms with Crippen molar-refractivity contribution in [3.63, 3.8) is 0 Å². The van der Waals surface area contributed by atoms with E-state index in [1.807, 2.05) is 0 Å². The van der Waals surface area contributed by atoms with Crippen molar-refractivity contribution in [1.82, 2.24) is 9.55 Å². The Labute approximate surface area is 158 Å². The fourth-order valence-corrected chi connectivity index (χ4v) is 4.52. The Balaban J connectivity index is 2.19. The molecule has 138 valence electrons. The zero-order valence-corrected chi connectivity index (χ0v) is 17.4. The van der Waals surface area contributed by atoms with E-state index in [0.717, 1.165) is 12.1 Å². The number of benzene rings is 1. The van der Waals surface area contributed by atoms with Gasteiger partial charge in [-0.15, -0.1) is 0 Å². The lowest BCUT2D eigenvalue weighted by molar-refractivity contribution is 0.644. The highest BCUT2D eigenvalue weighted by molar-refractivity contribution is 5.87. The second-order valence-electron chi connectivity index (χ2n) is 7.87. The number of nitrogens with zero attached hydrogens (tertiary/aromatic N) is 2. The topological polar surface area (TPSA) is 17.8 Å². The number of fused-ring (bicyclic) bond motifs is 1. The largest absolute Gasteiger partial charge is 0.349 e. The molecule has 0 saturated heterocycles. The molecule has 2 heteroatoms.